The summed E-state index contributed by atoms with van der Waals surface area (Å²) in [4.78, 5) is 8.62. The van der Waals surface area contributed by atoms with Crippen molar-refractivity contribution in [3.63, 3.8) is 0 Å². The van der Waals surface area contributed by atoms with E-state index in [1.165, 1.54) is 11.3 Å². The third kappa shape index (κ3) is 5.45. The highest BCUT2D eigenvalue weighted by Crippen LogP contribution is 2.20. The fraction of sp³-hybridized carbons (Fsp3) is 0.222. The molecule has 0 radical (unpaired) electrons. The summed E-state index contributed by atoms with van der Waals surface area (Å²) in [5, 5.41) is 2.88. The standard InChI is InChI=1S/C18H19N3O2S2/c22-25(23,12-9-15-5-2-1-3-6-15)20-11-8-18-21-17(14-24-18)16-7-4-10-19-13-16/h1-7,10,13-14,20H,8-9,11-12H2. The Morgan fingerprint density at radius 1 is 1.04 bits per heavy atom. The van der Waals surface area contributed by atoms with Crippen molar-refractivity contribution < 1.29 is 8.42 Å². The Labute approximate surface area is 151 Å². The number of hydrogen-bond acceptors (Lipinski definition) is 5. The van der Waals surface area contributed by atoms with Gasteiger partial charge in [0.1, 0.15) is 0 Å². The highest BCUT2D eigenvalue weighted by atomic mass is 32.2. The molecule has 0 aliphatic heterocycles. The summed E-state index contributed by atoms with van der Waals surface area (Å²) in [7, 11) is -3.28. The van der Waals surface area contributed by atoms with Crippen LogP contribution in [0, 0.1) is 0 Å². The first kappa shape index (κ1) is 17.7. The average molecular weight is 374 g/mol. The molecule has 0 unspecified atom stereocenters. The van der Waals surface area contributed by atoms with Crippen LogP contribution in [0.1, 0.15) is 10.6 Å². The largest absolute Gasteiger partial charge is 0.264 e. The van der Waals surface area contributed by atoms with Crippen LogP contribution in [0.15, 0.2) is 60.2 Å². The van der Waals surface area contributed by atoms with Crippen LogP contribution in [0.4, 0.5) is 0 Å². The third-order valence-corrected chi connectivity index (χ3v) is 5.97. The third-order valence-electron chi connectivity index (χ3n) is 3.67. The van der Waals surface area contributed by atoms with Gasteiger partial charge in [-0.2, -0.15) is 0 Å². The van der Waals surface area contributed by atoms with Gasteiger partial charge in [0.05, 0.1) is 16.5 Å². The van der Waals surface area contributed by atoms with Gasteiger partial charge >= 0.3 is 0 Å². The molecule has 0 saturated heterocycles. The normalized spacial score (nSPS) is 11.5. The van der Waals surface area contributed by atoms with Gasteiger partial charge in [-0.1, -0.05) is 30.3 Å². The first-order chi connectivity index (χ1) is 12.1. The molecule has 25 heavy (non-hydrogen) atoms. The van der Waals surface area contributed by atoms with E-state index < -0.39 is 10.0 Å². The molecular weight excluding hydrogens is 354 g/mol. The summed E-state index contributed by atoms with van der Waals surface area (Å²) in [6.07, 6.45) is 4.58. The van der Waals surface area contributed by atoms with Crippen LogP contribution in [-0.2, 0) is 22.9 Å². The van der Waals surface area contributed by atoms with E-state index in [4.69, 9.17) is 0 Å². The van der Waals surface area contributed by atoms with Crippen molar-refractivity contribution in [2.45, 2.75) is 12.8 Å². The zero-order chi connectivity index (χ0) is 17.5. The smallest absolute Gasteiger partial charge is 0.211 e. The Kier molecular flexibility index (Phi) is 5.91. The minimum absolute atomic E-state index is 0.0931. The summed E-state index contributed by atoms with van der Waals surface area (Å²) < 4.78 is 26.8. The van der Waals surface area contributed by atoms with Gasteiger partial charge in [0, 0.05) is 36.3 Å². The fourth-order valence-electron chi connectivity index (χ4n) is 2.36. The van der Waals surface area contributed by atoms with Gasteiger partial charge in [0.25, 0.3) is 0 Å². The Morgan fingerprint density at radius 2 is 1.88 bits per heavy atom. The molecule has 130 valence electrons. The Morgan fingerprint density at radius 3 is 2.64 bits per heavy atom. The summed E-state index contributed by atoms with van der Waals surface area (Å²) in [5.74, 6) is 0.0931. The van der Waals surface area contributed by atoms with E-state index in [0.29, 0.717) is 19.4 Å². The van der Waals surface area contributed by atoms with Gasteiger partial charge in [-0.05, 0) is 24.1 Å². The van der Waals surface area contributed by atoms with E-state index in [0.717, 1.165) is 21.8 Å². The van der Waals surface area contributed by atoms with Crippen LogP contribution in [0.25, 0.3) is 11.3 Å². The van der Waals surface area contributed by atoms with E-state index in [-0.39, 0.29) is 5.75 Å². The van der Waals surface area contributed by atoms with Gasteiger partial charge < -0.3 is 0 Å². The molecule has 0 amide bonds. The molecule has 0 saturated carbocycles. The molecule has 5 nitrogen and oxygen atoms in total. The summed E-state index contributed by atoms with van der Waals surface area (Å²) in [5.41, 5.74) is 2.86. The number of aromatic nitrogens is 2. The second-order valence-electron chi connectivity index (χ2n) is 5.57. The number of benzene rings is 1. The van der Waals surface area contributed by atoms with E-state index in [9.17, 15) is 8.42 Å². The average Bonchev–Trinajstić information content (AvgIpc) is 3.11. The number of rotatable bonds is 8. The lowest BCUT2D eigenvalue weighted by Crippen LogP contribution is -2.29. The van der Waals surface area contributed by atoms with Gasteiger partial charge in [-0.25, -0.2) is 18.1 Å². The minimum Gasteiger partial charge on any atom is -0.264 e. The lowest BCUT2D eigenvalue weighted by Gasteiger charge is -2.06. The van der Waals surface area contributed by atoms with Crippen LogP contribution in [-0.4, -0.2) is 30.7 Å². The molecule has 1 N–H and O–H groups in total. The number of aryl methyl sites for hydroxylation is 1. The van der Waals surface area contributed by atoms with Crippen LogP contribution >= 0.6 is 11.3 Å². The van der Waals surface area contributed by atoms with Gasteiger partial charge in [0.15, 0.2) is 0 Å². The van der Waals surface area contributed by atoms with Gasteiger partial charge in [0.2, 0.25) is 10.0 Å². The van der Waals surface area contributed by atoms with Crippen molar-refractivity contribution in [1.82, 2.24) is 14.7 Å². The van der Waals surface area contributed by atoms with Gasteiger partial charge in [-0.3, -0.25) is 4.98 Å². The van der Waals surface area contributed by atoms with E-state index in [1.54, 1.807) is 12.4 Å². The zero-order valence-corrected chi connectivity index (χ0v) is 15.3. The van der Waals surface area contributed by atoms with Crippen molar-refractivity contribution in [1.29, 1.82) is 0 Å². The second-order valence-corrected chi connectivity index (χ2v) is 8.44. The lowest BCUT2D eigenvalue weighted by molar-refractivity contribution is 0.581. The molecule has 1 aromatic carbocycles. The highest BCUT2D eigenvalue weighted by molar-refractivity contribution is 7.89. The summed E-state index contributed by atoms with van der Waals surface area (Å²) >= 11 is 1.53. The topological polar surface area (TPSA) is 72.0 Å². The predicted octanol–water partition coefficient (Wildman–Crippen LogP) is 2.91. The van der Waals surface area contributed by atoms with Crippen molar-refractivity contribution >= 4 is 21.4 Å². The van der Waals surface area contributed by atoms with Crippen LogP contribution in [0.3, 0.4) is 0 Å². The van der Waals surface area contributed by atoms with E-state index in [1.807, 2.05) is 47.8 Å². The second kappa shape index (κ2) is 8.33. The van der Waals surface area contributed by atoms with Crippen molar-refractivity contribution in [3.8, 4) is 11.3 Å². The first-order valence-electron chi connectivity index (χ1n) is 7.98. The fourth-order valence-corrected chi connectivity index (χ4v) is 4.22. The molecule has 0 spiro atoms. The predicted molar refractivity (Wildman–Crippen MR) is 101 cm³/mol. The van der Waals surface area contributed by atoms with E-state index >= 15 is 0 Å². The number of pyridine rings is 1. The number of sulfonamides is 1. The molecule has 3 aromatic rings. The molecule has 0 fully saturated rings. The quantitative estimate of drug-likeness (QED) is 0.659. The molecule has 2 heterocycles. The maximum absolute atomic E-state index is 12.1. The first-order valence-corrected chi connectivity index (χ1v) is 10.5. The summed E-state index contributed by atoms with van der Waals surface area (Å²) in [6.45, 7) is 0.358. The van der Waals surface area contributed by atoms with Crippen molar-refractivity contribution in [2.24, 2.45) is 0 Å². The monoisotopic (exact) mass is 373 g/mol. The van der Waals surface area contributed by atoms with Crippen molar-refractivity contribution in [3.05, 3.63) is 70.8 Å². The van der Waals surface area contributed by atoms with Crippen LogP contribution < -0.4 is 4.72 Å². The molecule has 2 aromatic heterocycles. The zero-order valence-electron chi connectivity index (χ0n) is 13.6. The SMILES string of the molecule is O=S(=O)(CCc1ccccc1)NCCc1nc(-c2cccnc2)cs1. The van der Waals surface area contributed by atoms with Crippen LogP contribution in [0.5, 0.6) is 0 Å². The molecule has 0 aliphatic carbocycles. The van der Waals surface area contributed by atoms with Crippen LogP contribution in [0.2, 0.25) is 0 Å². The molecule has 0 atom stereocenters. The molecule has 3 rings (SSSR count). The maximum atomic E-state index is 12.1. The number of hydrogen-bond donors (Lipinski definition) is 1. The number of nitrogens with zero attached hydrogens (tertiary/aromatic N) is 2. The molecule has 0 aliphatic rings. The maximum Gasteiger partial charge on any atom is 0.211 e. The van der Waals surface area contributed by atoms with Crippen molar-refractivity contribution in [2.75, 3.05) is 12.3 Å². The number of nitrogens with one attached hydrogen (secondary N) is 1. The summed E-state index contributed by atoms with van der Waals surface area (Å²) in [6, 6.07) is 13.4. The molecule has 0 bridgehead atoms. The Balaban J connectivity index is 1.48. The molecular formula is C18H19N3O2S2. The minimum atomic E-state index is -3.28. The number of thiazole rings is 1. The molecule has 7 heteroatoms. The lowest BCUT2D eigenvalue weighted by atomic mass is 10.2. The van der Waals surface area contributed by atoms with E-state index in [2.05, 4.69) is 14.7 Å². The Hall–Kier alpha value is -2.09. The van der Waals surface area contributed by atoms with Gasteiger partial charge in [-0.15, -0.1) is 11.3 Å². The Bertz CT molecular complexity index is 894. The highest BCUT2D eigenvalue weighted by Gasteiger charge is 2.11.